The third kappa shape index (κ3) is 4.37. The van der Waals surface area contributed by atoms with Gasteiger partial charge in [-0.2, -0.15) is 5.10 Å². The Kier molecular flexibility index (Phi) is 5.62. The molecule has 4 N–H and O–H groups in total. The van der Waals surface area contributed by atoms with Crippen molar-refractivity contribution in [2.24, 2.45) is 5.92 Å². The minimum atomic E-state index is -1.33. The molecular formula is C21H19ClFN5O3. The number of benzene rings is 2. The van der Waals surface area contributed by atoms with Gasteiger partial charge >= 0.3 is 6.03 Å². The molecule has 2 aromatic carbocycles. The molecule has 0 aliphatic heterocycles. The van der Waals surface area contributed by atoms with Crippen molar-refractivity contribution in [1.29, 1.82) is 0 Å². The van der Waals surface area contributed by atoms with Crippen molar-refractivity contribution in [1.82, 2.24) is 15.1 Å². The highest BCUT2D eigenvalue weighted by Gasteiger charge is 2.61. The second-order valence-electron chi connectivity index (χ2n) is 7.21. The molecule has 3 amide bonds. The lowest BCUT2D eigenvalue weighted by Gasteiger charge is -2.20. The molecule has 160 valence electrons. The predicted molar refractivity (Wildman–Crippen MR) is 114 cm³/mol. The summed E-state index contributed by atoms with van der Waals surface area (Å²) in [7, 11) is 0. The summed E-state index contributed by atoms with van der Waals surface area (Å²) in [5.41, 5.74) is -0.392. The minimum Gasteiger partial charge on any atom is -0.396 e. The van der Waals surface area contributed by atoms with Gasteiger partial charge < -0.3 is 21.1 Å². The van der Waals surface area contributed by atoms with Crippen LogP contribution in [0.4, 0.5) is 20.6 Å². The zero-order valence-electron chi connectivity index (χ0n) is 16.2. The Hall–Kier alpha value is -3.43. The molecule has 0 spiro atoms. The van der Waals surface area contributed by atoms with Crippen molar-refractivity contribution in [2.75, 3.05) is 17.2 Å². The number of nitrogens with zero attached hydrogens (tertiary/aromatic N) is 2. The first kappa shape index (κ1) is 20.8. The fourth-order valence-corrected chi connectivity index (χ4v) is 3.47. The van der Waals surface area contributed by atoms with Crippen molar-refractivity contribution in [3.63, 3.8) is 0 Å². The quantitative estimate of drug-likeness (QED) is 0.469. The van der Waals surface area contributed by atoms with Crippen molar-refractivity contribution >= 4 is 34.9 Å². The van der Waals surface area contributed by atoms with Crippen LogP contribution in [0, 0.1) is 11.7 Å². The van der Waals surface area contributed by atoms with Gasteiger partial charge in [-0.3, -0.25) is 4.79 Å². The summed E-state index contributed by atoms with van der Waals surface area (Å²) in [6, 6.07) is 11.8. The number of nitrogens with one attached hydrogen (secondary N) is 3. The number of carbonyl (C=O) groups is 2. The smallest absolute Gasteiger partial charge is 0.320 e. The fourth-order valence-electron chi connectivity index (χ4n) is 3.34. The lowest BCUT2D eigenvalue weighted by atomic mass is 10.1. The average molecular weight is 444 g/mol. The van der Waals surface area contributed by atoms with E-state index < -0.39 is 29.2 Å². The van der Waals surface area contributed by atoms with E-state index in [9.17, 15) is 19.1 Å². The van der Waals surface area contributed by atoms with Gasteiger partial charge in [0.05, 0.1) is 11.4 Å². The maximum Gasteiger partial charge on any atom is 0.320 e. The monoisotopic (exact) mass is 443 g/mol. The van der Waals surface area contributed by atoms with Crippen molar-refractivity contribution < 1.29 is 19.1 Å². The van der Waals surface area contributed by atoms with E-state index in [1.807, 2.05) is 0 Å². The fraction of sp³-hybridized carbons (Fsp3) is 0.190. The van der Waals surface area contributed by atoms with E-state index in [1.165, 1.54) is 16.8 Å². The zero-order valence-corrected chi connectivity index (χ0v) is 16.9. The predicted octanol–water partition coefficient (Wildman–Crippen LogP) is 3.18. The maximum absolute atomic E-state index is 14.6. The van der Waals surface area contributed by atoms with Gasteiger partial charge in [0.25, 0.3) is 5.91 Å². The van der Waals surface area contributed by atoms with E-state index in [0.29, 0.717) is 16.4 Å². The molecule has 10 heteroatoms. The number of anilines is 2. The van der Waals surface area contributed by atoms with Crippen LogP contribution in [0.2, 0.25) is 5.02 Å². The molecule has 31 heavy (non-hydrogen) atoms. The Morgan fingerprint density at radius 3 is 2.61 bits per heavy atom. The molecule has 1 heterocycles. The molecule has 8 nitrogen and oxygen atoms in total. The molecule has 0 radical (unpaired) electrons. The Balaban J connectivity index is 1.46. The third-order valence-electron chi connectivity index (χ3n) is 5.14. The van der Waals surface area contributed by atoms with Gasteiger partial charge in [-0.1, -0.05) is 11.6 Å². The van der Waals surface area contributed by atoms with Crippen LogP contribution in [0.15, 0.2) is 60.9 Å². The number of carbonyl (C=O) groups excluding carboxylic acids is 2. The molecule has 1 aromatic heterocycles. The highest BCUT2D eigenvalue weighted by Crippen LogP contribution is 2.44. The maximum atomic E-state index is 14.6. The topological polar surface area (TPSA) is 108 Å². The van der Waals surface area contributed by atoms with Crippen LogP contribution in [0.25, 0.3) is 5.69 Å². The van der Waals surface area contributed by atoms with Gasteiger partial charge in [0.2, 0.25) is 0 Å². The first-order valence-corrected chi connectivity index (χ1v) is 9.86. The third-order valence-corrected chi connectivity index (χ3v) is 5.39. The average Bonchev–Trinajstić information content (AvgIpc) is 3.18. The van der Waals surface area contributed by atoms with Crippen LogP contribution in [-0.4, -0.2) is 39.0 Å². The number of hydrogen-bond donors (Lipinski definition) is 4. The molecular weight excluding hydrogens is 425 g/mol. The van der Waals surface area contributed by atoms with Crippen LogP contribution in [0.5, 0.6) is 0 Å². The van der Waals surface area contributed by atoms with E-state index in [0.717, 1.165) is 0 Å². The van der Waals surface area contributed by atoms with E-state index in [4.69, 9.17) is 11.6 Å². The Bertz CT molecular complexity index is 1110. The minimum absolute atomic E-state index is 0.0382. The first-order valence-electron chi connectivity index (χ1n) is 9.48. The molecule has 3 aromatic rings. The van der Waals surface area contributed by atoms with E-state index in [1.54, 1.807) is 48.8 Å². The molecule has 1 saturated carbocycles. The number of aromatic nitrogens is 2. The summed E-state index contributed by atoms with van der Waals surface area (Å²) in [5.74, 6) is -1.73. The number of amides is 3. The number of halogens is 2. The molecule has 1 fully saturated rings. The molecule has 0 unspecified atom stereocenters. The number of aliphatic hydroxyl groups excluding tert-OH is 1. The van der Waals surface area contributed by atoms with Crippen LogP contribution in [0.3, 0.4) is 0 Å². The summed E-state index contributed by atoms with van der Waals surface area (Å²) in [6.07, 6.45) is 3.47. The number of urea groups is 1. The molecule has 1 aliphatic carbocycles. The highest BCUT2D eigenvalue weighted by atomic mass is 35.5. The van der Waals surface area contributed by atoms with Crippen LogP contribution < -0.4 is 16.0 Å². The van der Waals surface area contributed by atoms with Crippen LogP contribution in [-0.2, 0) is 4.79 Å². The van der Waals surface area contributed by atoms with Gasteiger partial charge in [0.1, 0.15) is 11.4 Å². The summed E-state index contributed by atoms with van der Waals surface area (Å²) < 4.78 is 16.0. The standard InChI is InChI=1S/C21H19ClFN5O3/c22-14-2-4-15(5-3-14)25-20(31)27-21(11-13(21)12-29)19(30)26-18-7-6-16(10-17(18)23)28-9-1-8-24-28/h1-10,13,29H,11-12H2,(H,26,30)(H2,25,27,31)/t13-,21-/m1/s1. The highest BCUT2D eigenvalue weighted by molar-refractivity contribution is 6.30. The van der Waals surface area contributed by atoms with Crippen LogP contribution in [0.1, 0.15) is 6.42 Å². The largest absolute Gasteiger partial charge is 0.396 e. The van der Waals surface area contributed by atoms with Gasteiger partial charge in [-0.15, -0.1) is 0 Å². The zero-order chi connectivity index (χ0) is 22.0. The normalized spacial score (nSPS) is 19.5. The van der Waals surface area contributed by atoms with Gasteiger partial charge in [-0.05, 0) is 48.9 Å². The molecule has 1 aliphatic rings. The van der Waals surface area contributed by atoms with Crippen molar-refractivity contribution in [3.05, 3.63) is 71.8 Å². The second-order valence-corrected chi connectivity index (χ2v) is 7.65. The summed E-state index contributed by atoms with van der Waals surface area (Å²) in [6.45, 7) is -0.296. The van der Waals surface area contributed by atoms with E-state index >= 15 is 0 Å². The van der Waals surface area contributed by atoms with E-state index in [-0.39, 0.29) is 18.7 Å². The summed E-state index contributed by atoms with van der Waals surface area (Å²) in [4.78, 5) is 25.3. The Morgan fingerprint density at radius 2 is 2.00 bits per heavy atom. The molecule has 0 saturated heterocycles. The summed E-state index contributed by atoms with van der Waals surface area (Å²) in [5, 5.41) is 21.8. The van der Waals surface area contributed by atoms with Gasteiger partial charge in [0.15, 0.2) is 0 Å². The van der Waals surface area contributed by atoms with Gasteiger partial charge in [0, 0.05) is 41.7 Å². The van der Waals surface area contributed by atoms with E-state index in [2.05, 4.69) is 21.0 Å². The first-order chi connectivity index (χ1) is 14.9. The van der Waals surface area contributed by atoms with Crippen LogP contribution >= 0.6 is 11.6 Å². The lowest BCUT2D eigenvalue weighted by Crippen LogP contribution is -2.49. The second kappa shape index (κ2) is 8.37. The Labute approximate surface area is 182 Å². The number of aliphatic hydroxyl groups is 1. The SMILES string of the molecule is O=C(Nc1ccc(Cl)cc1)N[C@]1(C(=O)Nc2ccc(-n3cccn3)cc2F)C[C@@H]1CO. The van der Waals surface area contributed by atoms with Crippen molar-refractivity contribution in [3.8, 4) is 5.69 Å². The molecule has 2 atom stereocenters. The van der Waals surface area contributed by atoms with Gasteiger partial charge in [-0.25, -0.2) is 13.9 Å². The number of rotatable bonds is 6. The molecule has 0 bridgehead atoms. The summed E-state index contributed by atoms with van der Waals surface area (Å²) >= 11 is 5.83. The van der Waals surface area contributed by atoms with Crippen molar-refractivity contribution in [2.45, 2.75) is 12.0 Å². The Morgan fingerprint density at radius 1 is 1.23 bits per heavy atom. The molecule has 4 rings (SSSR count). The lowest BCUT2D eigenvalue weighted by molar-refractivity contribution is -0.119. The number of hydrogen-bond acceptors (Lipinski definition) is 4.